The fraction of sp³-hybridized carbons (Fsp3) is 0.533. The minimum absolute atomic E-state index is 0.656. The van der Waals surface area contributed by atoms with E-state index in [0.717, 1.165) is 29.8 Å². The van der Waals surface area contributed by atoms with Crippen LogP contribution < -0.4 is 11.1 Å². The van der Waals surface area contributed by atoms with Gasteiger partial charge in [-0.2, -0.15) is 5.26 Å². The standard InChI is InChI=1S/C15H21N3/c1-11-3-2-4-13(7-11)10-18-15-8-12(9-16)5-6-14(15)17/h5-6,8,11,13,18H,2-4,7,10,17H2,1H3. The van der Waals surface area contributed by atoms with Gasteiger partial charge in [0.05, 0.1) is 23.0 Å². The molecule has 18 heavy (non-hydrogen) atoms. The number of nitriles is 1. The molecule has 2 atom stereocenters. The van der Waals surface area contributed by atoms with Crippen LogP contribution in [-0.2, 0) is 0 Å². The molecule has 0 saturated heterocycles. The van der Waals surface area contributed by atoms with Gasteiger partial charge in [-0.05, 0) is 42.9 Å². The van der Waals surface area contributed by atoms with Gasteiger partial charge in [-0.3, -0.25) is 0 Å². The summed E-state index contributed by atoms with van der Waals surface area (Å²) in [7, 11) is 0. The van der Waals surface area contributed by atoms with Crippen LogP contribution in [0.3, 0.4) is 0 Å². The maximum Gasteiger partial charge on any atom is 0.0992 e. The predicted octanol–water partition coefficient (Wildman–Crippen LogP) is 3.38. The number of nitrogens with zero attached hydrogens (tertiary/aromatic N) is 1. The highest BCUT2D eigenvalue weighted by Gasteiger charge is 2.18. The molecule has 0 heterocycles. The molecule has 2 rings (SSSR count). The lowest BCUT2D eigenvalue weighted by Crippen LogP contribution is -2.21. The molecule has 2 unspecified atom stereocenters. The maximum absolute atomic E-state index is 8.89. The topological polar surface area (TPSA) is 61.8 Å². The largest absolute Gasteiger partial charge is 0.397 e. The molecule has 0 amide bonds. The Bertz CT molecular complexity index is 448. The molecule has 1 saturated carbocycles. The zero-order valence-corrected chi connectivity index (χ0v) is 10.9. The minimum atomic E-state index is 0.656. The van der Waals surface area contributed by atoms with E-state index in [0.29, 0.717) is 5.56 Å². The highest BCUT2D eigenvalue weighted by Crippen LogP contribution is 2.29. The number of anilines is 2. The number of nitrogens with one attached hydrogen (secondary N) is 1. The Kier molecular flexibility index (Phi) is 4.09. The molecule has 0 spiro atoms. The number of hydrogen-bond acceptors (Lipinski definition) is 3. The van der Waals surface area contributed by atoms with Crippen molar-refractivity contribution in [3.05, 3.63) is 23.8 Å². The van der Waals surface area contributed by atoms with E-state index >= 15 is 0 Å². The van der Waals surface area contributed by atoms with Crippen LogP contribution in [0.5, 0.6) is 0 Å². The zero-order chi connectivity index (χ0) is 13.0. The van der Waals surface area contributed by atoms with E-state index in [1.165, 1.54) is 25.7 Å². The van der Waals surface area contributed by atoms with Crippen LogP contribution in [0.25, 0.3) is 0 Å². The van der Waals surface area contributed by atoms with Crippen molar-refractivity contribution in [3.63, 3.8) is 0 Å². The number of nitrogens with two attached hydrogens (primary N) is 1. The van der Waals surface area contributed by atoms with E-state index in [1.54, 1.807) is 12.1 Å². The second-order valence-electron chi connectivity index (χ2n) is 5.43. The Morgan fingerprint density at radius 3 is 3.00 bits per heavy atom. The third-order valence-electron chi connectivity index (χ3n) is 3.81. The van der Waals surface area contributed by atoms with Gasteiger partial charge in [0.15, 0.2) is 0 Å². The molecule has 3 nitrogen and oxygen atoms in total. The summed E-state index contributed by atoms with van der Waals surface area (Å²) in [5.74, 6) is 1.58. The van der Waals surface area contributed by atoms with Gasteiger partial charge in [-0.1, -0.05) is 19.8 Å². The van der Waals surface area contributed by atoms with E-state index in [9.17, 15) is 0 Å². The minimum Gasteiger partial charge on any atom is -0.397 e. The van der Waals surface area contributed by atoms with Crippen LogP contribution in [0.1, 0.15) is 38.2 Å². The van der Waals surface area contributed by atoms with Crippen LogP contribution in [-0.4, -0.2) is 6.54 Å². The van der Waals surface area contributed by atoms with Crippen molar-refractivity contribution >= 4 is 11.4 Å². The molecule has 1 aliphatic rings. The van der Waals surface area contributed by atoms with Gasteiger partial charge < -0.3 is 11.1 Å². The first kappa shape index (κ1) is 12.8. The molecule has 1 aliphatic carbocycles. The van der Waals surface area contributed by atoms with Crippen molar-refractivity contribution < 1.29 is 0 Å². The summed E-state index contributed by atoms with van der Waals surface area (Å²) in [6, 6.07) is 7.53. The number of rotatable bonds is 3. The molecule has 0 aromatic heterocycles. The van der Waals surface area contributed by atoms with Crippen molar-refractivity contribution in [1.29, 1.82) is 5.26 Å². The number of benzene rings is 1. The van der Waals surface area contributed by atoms with E-state index in [2.05, 4.69) is 18.3 Å². The normalized spacial score (nSPS) is 23.3. The van der Waals surface area contributed by atoms with E-state index in [4.69, 9.17) is 11.0 Å². The Morgan fingerprint density at radius 2 is 2.28 bits per heavy atom. The van der Waals surface area contributed by atoms with Crippen LogP contribution in [0, 0.1) is 23.2 Å². The smallest absolute Gasteiger partial charge is 0.0992 e. The SMILES string of the molecule is CC1CCCC(CNc2cc(C#N)ccc2N)C1. The Morgan fingerprint density at radius 1 is 1.44 bits per heavy atom. The summed E-state index contributed by atoms with van der Waals surface area (Å²) in [4.78, 5) is 0. The lowest BCUT2D eigenvalue weighted by atomic mass is 9.82. The first-order valence-corrected chi connectivity index (χ1v) is 6.72. The summed E-state index contributed by atoms with van der Waals surface area (Å²) in [5.41, 5.74) is 8.19. The molecular formula is C15H21N3. The average Bonchev–Trinajstić information content (AvgIpc) is 2.38. The summed E-state index contributed by atoms with van der Waals surface area (Å²) >= 11 is 0. The monoisotopic (exact) mass is 243 g/mol. The van der Waals surface area contributed by atoms with E-state index in [1.807, 2.05) is 6.07 Å². The molecule has 3 heteroatoms. The lowest BCUT2D eigenvalue weighted by molar-refractivity contribution is 0.293. The third-order valence-corrected chi connectivity index (χ3v) is 3.81. The molecule has 1 fully saturated rings. The second-order valence-corrected chi connectivity index (χ2v) is 5.43. The summed E-state index contributed by atoms with van der Waals surface area (Å²) < 4.78 is 0. The van der Waals surface area contributed by atoms with Gasteiger partial charge in [-0.15, -0.1) is 0 Å². The number of nitrogen functional groups attached to an aromatic ring is 1. The van der Waals surface area contributed by atoms with Gasteiger partial charge in [0, 0.05) is 6.54 Å². The van der Waals surface area contributed by atoms with E-state index < -0.39 is 0 Å². The second kappa shape index (κ2) is 5.77. The molecule has 0 bridgehead atoms. The van der Waals surface area contributed by atoms with Crippen LogP contribution in [0.4, 0.5) is 11.4 Å². The maximum atomic E-state index is 8.89. The predicted molar refractivity (Wildman–Crippen MR) is 75.2 cm³/mol. The van der Waals surface area contributed by atoms with Crippen molar-refractivity contribution in [1.82, 2.24) is 0 Å². The molecule has 0 radical (unpaired) electrons. The van der Waals surface area contributed by atoms with Gasteiger partial charge >= 0.3 is 0 Å². The third kappa shape index (κ3) is 3.16. The van der Waals surface area contributed by atoms with Crippen molar-refractivity contribution in [3.8, 4) is 6.07 Å². The van der Waals surface area contributed by atoms with Gasteiger partial charge in [0.25, 0.3) is 0 Å². The summed E-state index contributed by atoms with van der Waals surface area (Å²) in [6.07, 6.45) is 5.30. The first-order chi connectivity index (χ1) is 8.69. The van der Waals surface area contributed by atoms with Gasteiger partial charge in [0.1, 0.15) is 0 Å². The van der Waals surface area contributed by atoms with Crippen molar-refractivity contribution in [2.45, 2.75) is 32.6 Å². The van der Waals surface area contributed by atoms with E-state index in [-0.39, 0.29) is 0 Å². The Labute approximate surface area is 109 Å². The molecule has 1 aromatic carbocycles. The summed E-state index contributed by atoms with van der Waals surface area (Å²) in [6.45, 7) is 3.29. The van der Waals surface area contributed by atoms with Gasteiger partial charge in [-0.25, -0.2) is 0 Å². The molecular weight excluding hydrogens is 222 g/mol. The molecule has 0 aliphatic heterocycles. The average molecular weight is 243 g/mol. The molecule has 3 N–H and O–H groups in total. The van der Waals surface area contributed by atoms with Crippen LogP contribution in [0.2, 0.25) is 0 Å². The quantitative estimate of drug-likeness (QED) is 0.800. The molecule has 96 valence electrons. The van der Waals surface area contributed by atoms with Gasteiger partial charge in [0.2, 0.25) is 0 Å². The van der Waals surface area contributed by atoms with Crippen molar-refractivity contribution in [2.24, 2.45) is 11.8 Å². The highest BCUT2D eigenvalue weighted by atomic mass is 14.9. The first-order valence-electron chi connectivity index (χ1n) is 6.72. The van der Waals surface area contributed by atoms with Crippen molar-refractivity contribution in [2.75, 3.05) is 17.6 Å². The molecule has 1 aromatic rings. The Balaban J connectivity index is 1.95. The fourth-order valence-corrected chi connectivity index (χ4v) is 2.78. The zero-order valence-electron chi connectivity index (χ0n) is 10.9. The van der Waals surface area contributed by atoms with Crippen LogP contribution in [0.15, 0.2) is 18.2 Å². The number of hydrogen-bond donors (Lipinski definition) is 2. The highest BCUT2D eigenvalue weighted by molar-refractivity contribution is 5.68. The fourth-order valence-electron chi connectivity index (χ4n) is 2.78. The Hall–Kier alpha value is -1.69. The lowest BCUT2D eigenvalue weighted by Gasteiger charge is -2.27. The van der Waals surface area contributed by atoms with Crippen LogP contribution >= 0.6 is 0 Å². The summed E-state index contributed by atoms with van der Waals surface area (Å²) in [5, 5.41) is 12.3.